The summed E-state index contributed by atoms with van der Waals surface area (Å²) in [4.78, 5) is 69.2. The number of nitrogens with one attached hydrogen (secondary N) is 3. The summed E-state index contributed by atoms with van der Waals surface area (Å²) in [5.74, 6) is 0.877. The van der Waals surface area contributed by atoms with Crippen molar-refractivity contribution < 1.29 is 57.4 Å². The van der Waals surface area contributed by atoms with E-state index in [1.807, 2.05) is 111 Å². The van der Waals surface area contributed by atoms with Gasteiger partial charge in [-0.3, -0.25) is 28.4 Å². The van der Waals surface area contributed by atoms with Crippen LogP contribution < -0.4 is 35.9 Å². The van der Waals surface area contributed by atoms with E-state index in [1.54, 1.807) is 48.8 Å². The van der Waals surface area contributed by atoms with Crippen LogP contribution in [0.5, 0.6) is 17.2 Å². The molecule has 0 unspecified atom stereocenters. The normalized spacial score (nSPS) is 14.6. The van der Waals surface area contributed by atoms with Crippen LogP contribution in [-0.2, 0) is 64.4 Å². The maximum absolute atomic E-state index is 14.0. The van der Waals surface area contributed by atoms with E-state index >= 15 is 0 Å². The van der Waals surface area contributed by atoms with Gasteiger partial charge in [-0.25, -0.2) is 15.0 Å². The van der Waals surface area contributed by atoms with Crippen molar-refractivity contribution in [1.82, 2.24) is 50.1 Å². The molecular formula is C60H75N11O12S. The quantitative estimate of drug-likeness (QED) is 0.0343. The van der Waals surface area contributed by atoms with Gasteiger partial charge in [-0.1, -0.05) is 63.2 Å². The minimum absolute atomic E-state index is 0.00913. The maximum Gasteiger partial charge on any atom is 0.246 e. The number of rotatable bonds is 31. The number of aliphatic hydroxyl groups is 1. The van der Waals surface area contributed by atoms with Gasteiger partial charge in [0.05, 0.1) is 102 Å². The maximum atomic E-state index is 14.0. The molecule has 0 spiro atoms. The second-order valence-electron chi connectivity index (χ2n) is 21.2. The van der Waals surface area contributed by atoms with Crippen molar-refractivity contribution in [2.45, 2.75) is 85.0 Å². The molecule has 0 aliphatic carbocycles. The second kappa shape index (κ2) is 30.0. The molecule has 84 heavy (non-hydrogen) atoms. The summed E-state index contributed by atoms with van der Waals surface area (Å²) in [5.41, 5.74) is 15.1. The third-order valence-corrected chi connectivity index (χ3v) is 14.9. The topological polar surface area (TPSA) is 280 Å². The first-order valence-corrected chi connectivity index (χ1v) is 28.6. The Morgan fingerprint density at radius 3 is 2.14 bits per heavy atom. The van der Waals surface area contributed by atoms with Crippen molar-refractivity contribution >= 4 is 52.1 Å². The van der Waals surface area contributed by atoms with E-state index in [1.165, 1.54) is 4.90 Å². The molecule has 7 aromatic rings. The van der Waals surface area contributed by atoms with Crippen LogP contribution in [0.2, 0.25) is 0 Å². The highest BCUT2D eigenvalue weighted by Gasteiger charge is 2.44. The number of ether oxygens (including phenoxy) is 7. The van der Waals surface area contributed by atoms with E-state index in [2.05, 4.69) is 31.0 Å². The van der Waals surface area contributed by atoms with Gasteiger partial charge in [-0.2, -0.15) is 5.10 Å². The van der Waals surface area contributed by atoms with Gasteiger partial charge in [0.2, 0.25) is 29.6 Å². The number of benzene rings is 3. The van der Waals surface area contributed by atoms with Crippen LogP contribution in [0.1, 0.15) is 56.0 Å². The first kappa shape index (κ1) is 62.1. The van der Waals surface area contributed by atoms with E-state index in [0.717, 1.165) is 49.7 Å². The molecule has 3 atom stereocenters. The van der Waals surface area contributed by atoms with Crippen molar-refractivity contribution in [3.8, 4) is 38.8 Å². The number of nitrogens with two attached hydrogens (primary N) is 1. The van der Waals surface area contributed by atoms with Crippen LogP contribution in [0.3, 0.4) is 0 Å². The Bertz CT molecular complexity index is 3290. The number of carbonyl (C=O) groups excluding carboxylic acids is 4. The largest absolute Gasteiger partial charge is 0.497 e. The van der Waals surface area contributed by atoms with Crippen molar-refractivity contribution in [3.05, 3.63) is 119 Å². The van der Waals surface area contributed by atoms with E-state index in [4.69, 9.17) is 43.9 Å². The van der Waals surface area contributed by atoms with Crippen LogP contribution in [0.25, 0.3) is 32.7 Å². The Morgan fingerprint density at radius 1 is 0.774 bits per heavy atom. The van der Waals surface area contributed by atoms with Crippen molar-refractivity contribution in [2.24, 2.45) is 5.41 Å². The summed E-state index contributed by atoms with van der Waals surface area (Å²) in [6, 6.07) is 21.3. The zero-order valence-electron chi connectivity index (χ0n) is 48.3. The minimum atomic E-state index is -0.944. The third kappa shape index (κ3) is 17.3. The number of anilines is 1. The molecule has 5 heterocycles. The molecule has 1 fully saturated rings. The third-order valence-electron chi connectivity index (χ3n) is 13.9. The van der Waals surface area contributed by atoms with Gasteiger partial charge in [-0.15, -0.1) is 11.3 Å². The number of nitrogens with zero attached hydrogens (tertiary/aromatic N) is 7. The second-order valence-corrected chi connectivity index (χ2v) is 22.0. The number of methoxy groups -OCH3 is 2. The molecule has 0 radical (unpaired) electrons. The Kier molecular flexibility index (Phi) is 22.2. The number of aryl methyl sites for hydroxylation is 1. The number of amides is 4. The predicted molar refractivity (Wildman–Crippen MR) is 315 cm³/mol. The van der Waals surface area contributed by atoms with Gasteiger partial charge in [0, 0.05) is 56.0 Å². The standard InChI is InChI=1S/C60H75N11O12S/c1-39-54(84-38-65-39)43-12-7-40(8-13-43)30-64-57(75)49-29-46(72)35-70(49)58(76)55(60(2,3)4)68-52(73)17-19-79-21-23-81-25-26-82-24-22-80-20-18-62-53(74)36-69-34-45(32-66-69)44-28-48-56(63-31-44)71(59(61)67-48)33-42-11-16-50(51(27-42)78-6)83-37-41-9-14-47(77-5)15-10-41/h7-16,27-28,31-32,34,38,46,49,55,72H,17-26,29-30,33,35-37H2,1-6H3,(H2,61,67)(H,62,74)(H,64,75)(H,68,73)/t46-,49+,55-/m1/s1. The minimum Gasteiger partial charge on any atom is -0.497 e. The van der Waals surface area contributed by atoms with Gasteiger partial charge in [0.15, 0.2) is 17.1 Å². The summed E-state index contributed by atoms with van der Waals surface area (Å²) in [5, 5.41) is 23.6. The molecular weight excluding hydrogens is 1100 g/mol. The molecule has 6 N–H and O–H groups in total. The fourth-order valence-corrected chi connectivity index (χ4v) is 10.2. The van der Waals surface area contributed by atoms with E-state index in [9.17, 15) is 24.3 Å². The lowest BCUT2D eigenvalue weighted by atomic mass is 9.85. The SMILES string of the molecule is COc1ccc(COc2ccc(Cn3c(N)nc4cc(-c5cnn(CC(=O)NCCOCCOCCOCCOCCC(=O)N[C@H](C(=O)N6C[C@H](O)C[C@H]6C(=O)NCc6ccc(-c7scnc7C)cc6)C(C)(C)C)c5)cnc43)cc2OC)cc1. The highest BCUT2D eigenvalue weighted by atomic mass is 32.1. The van der Waals surface area contributed by atoms with E-state index < -0.39 is 29.5 Å². The fourth-order valence-electron chi connectivity index (χ4n) is 9.34. The molecule has 24 heteroatoms. The summed E-state index contributed by atoms with van der Waals surface area (Å²) >= 11 is 1.57. The van der Waals surface area contributed by atoms with Crippen LogP contribution in [0.4, 0.5) is 5.95 Å². The molecule has 448 valence electrons. The fraction of sp³-hybridized carbons (Fsp3) is 0.433. The lowest BCUT2D eigenvalue weighted by Gasteiger charge is -2.35. The number of hydrogen-bond acceptors (Lipinski definition) is 18. The average Bonchev–Trinajstić information content (AvgIpc) is 3.28. The number of nitrogen functional groups attached to an aromatic ring is 1. The Morgan fingerprint density at radius 2 is 1.46 bits per heavy atom. The van der Waals surface area contributed by atoms with Crippen LogP contribution in [0, 0.1) is 12.3 Å². The smallest absolute Gasteiger partial charge is 0.246 e. The first-order valence-electron chi connectivity index (χ1n) is 27.8. The molecule has 4 aromatic heterocycles. The average molecular weight is 1170 g/mol. The molecule has 23 nitrogen and oxygen atoms in total. The number of thiazole rings is 1. The lowest BCUT2D eigenvalue weighted by Crippen LogP contribution is -2.57. The van der Waals surface area contributed by atoms with E-state index in [0.29, 0.717) is 81.3 Å². The number of imidazole rings is 1. The molecule has 3 aromatic carbocycles. The van der Waals surface area contributed by atoms with Gasteiger partial charge in [0.1, 0.15) is 36.5 Å². The molecule has 1 aliphatic rings. The molecule has 0 bridgehead atoms. The van der Waals surface area contributed by atoms with Crippen molar-refractivity contribution in [2.75, 3.05) is 85.9 Å². The Labute approximate surface area is 492 Å². The van der Waals surface area contributed by atoms with Gasteiger partial charge in [0.25, 0.3) is 0 Å². The monoisotopic (exact) mass is 1170 g/mol. The number of aromatic nitrogens is 6. The highest BCUT2D eigenvalue weighted by Crippen LogP contribution is 2.32. The molecule has 1 saturated heterocycles. The van der Waals surface area contributed by atoms with Gasteiger partial charge in [-0.05, 0) is 64.9 Å². The first-order chi connectivity index (χ1) is 40.6. The summed E-state index contributed by atoms with van der Waals surface area (Å²) in [7, 11) is 3.23. The number of β-amino-alcohol motifs (C(OH)–C–C–N with tert-alkyl or cyclic N) is 1. The zero-order chi connectivity index (χ0) is 59.6. The molecule has 1 aliphatic heterocycles. The van der Waals surface area contributed by atoms with E-state index in [-0.39, 0.29) is 70.0 Å². The number of carbonyl (C=O) groups is 4. The Balaban J connectivity index is 0.649. The van der Waals surface area contributed by atoms with Crippen LogP contribution >= 0.6 is 11.3 Å². The summed E-state index contributed by atoms with van der Waals surface area (Å²) in [6.07, 6.45) is 4.39. The highest BCUT2D eigenvalue weighted by molar-refractivity contribution is 7.13. The van der Waals surface area contributed by atoms with Gasteiger partial charge >= 0.3 is 0 Å². The number of aliphatic hydroxyl groups excluding tert-OH is 1. The number of likely N-dealkylation sites (tertiary alicyclic amines) is 1. The van der Waals surface area contributed by atoms with Crippen LogP contribution in [-0.4, -0.2) is 161 Å². The molecule has 0 saturated carbocycles. The lowest BCUT2D eigenvalue weighted by molar-refractivity contribution is -0.144. The predicted octanol–water partition coefficient (Wildman–Crippen LogP) is 5.34. The van der Waals surface area contributed by atoms with Crippen LogP contribution in [0.15, 0.2) is 96.9 Å². The number of pyridine rings is 1. The molecule has 8 rings (SSSR count). The summed E-state index contributed by atoms with van der Waals surface area (Å²) in [6.45, 7) is 11.1. The van der Waals surface area contributed by atoms with Crippen molar-refractivity contribution in [1.29, 1.82) is 0 Å². The van der Waals surface area contributed by atoms with Gasteiger partial charge < -0.3 is 64.8 Å². The molecule has 4 amide bonds. The summed E-state index contributed by atoms with van der Waals surface area (Å²) < 4.78 is 42.7. The Hall–Kier alpha value is -8.00. The zero-order valence-corrected chi connectivity index (χ0v) is 49.2. The number of hydrogen-bond donors (Lipinski definition) is 5. The number of fused-ring (bicyclic) bond motifs is 1. The van der Waals surface area contributed by atoms with Crippen molar-refractivity contribution in [3.63, 3.8) is 0 Å².